The number of hydrogen-bond acceptors (Lipinski definition) is 5. The van der Waals surface area contributed by atoms with Gasteiger partial charge in [-0.05, 0) is 6.07 Å². The highest BCUT2D eigenvalue weighted by Crippen LogP contribution is 2.21. The summed E-state index contributed by atoms with van der Waals surface area (Å²) < 4.78 is 0. The first-order chi connectivity index (χ1) is 5.63. The molecule has 0 saturated carbocycles. The van der Waals surface area contributed by atoms with Crippen LogP contribution in [0.1, 0.15) is 0 Å². The van der Waals surface area contributed by atoms with Crippen LogP contribution in [0.5, 0.6) is 0 Å². The van der Waals surface area contributed by atoms with E-state index in [-0.39, 0.29) is 11.5 Å². The maximum Gasteiger partial charge on any atom is 0.312 e. The highest BCUT2D eigenvalue weighted by molar-refractivity contribution is 5.55. The number of pyridine rings is 1. The molecular formula is C6H8N4O2. The Kier molecular flexibility index (Phi) is 2.20. The van der Waals surface area contributed by atoms with Gasteiger partial charge in [-0.3, -0.25) is 15.1 Å². The van der Waals surface area contributed by atoms with E-state index in [0.717, 1.165) is 5.01 Å². The Hall–Kier alpha value is -1.69. The maximum absolute atomic E-state index is 10.4. The van der Waals surface area contributed by atoms with Gasteiger partial charge in [0.1, 0.15) is 0 Å². The molecule has 2 N–H and O–H groups in total. The van der Waals surface area contributed by atoms with E-state index in [1.54, 1.807) is 0 Å². The number of nitro groups is 1. The van der Waals surface area contributed by atoms with Gasteiger partial charge in [-0.1, -0.05) is 0 Å². The number of hydrazine groups is 1. The summed E-state index contributed by atoms with van der Waals surface area (Å²) in [6.07, 6.45) is 1.45. The number of anilines is 1. The first-order valence-corrected chi connectivity index (χ1v) is 3.20. The summed E-state index contributed by atoms with van der Waals surface area (Å²) in [5.74, 6) is 5.47. The van der Waals surface area contributed by atoms with Crippen LogP contribution in [0.25, 0.3) is 0 Å². The molecule has 0 radical (unpaired) electrons. The van der Waals surface area contributed by atoms with Gasteiger partial charge in [-0.15, -0.1) is 0 Å². The Labute approximate surface area is 68.7 Å². The minimum atomic E-state index is -0.522. The third kappa shape index (κ3) is 1.48. The lowest BCUT2D eigenvalue weighted by molar-refractivity contribution is -0.384. The molecule has 0 fully saturated rings. The number of hydrogen-bond donors (Lipinski definition) is 1. The summed E-state index contributed by atoms with van der Waals surface area (Å²) in [4.78, 5) is 13.6. The van der Waals surface area contributed by atoms with Crippen molar-refractivity contribution in [3.8, 4) is 0 Å². The summed E-state index contributed by atoms with van der Waals surface area (Å²) in [5, 5.41) is 11.5. The van der Waals surface area contributed by atoms with Gasteiger partial charge in [0, 0.05) is 19.3 Å². The van der Waals surface area contributed by atoms with Crippen molar-refractivity contribution in [1.82, 2.24) is 4.98 Å². The smallest absolute Gasteiger partial charge is 0.292 e. The predicted molar refractivity (Wildman–Crippen MR) is 43.5 cm³/mol. The van der Waals surface area contributed by atoms with E-state index in [0.29, 0.717) is 0 Å². The van der Waals surface area contributed by atoms with Crippen LogP contribution in [-0.4, -0.2) is 17.0 Å². The molecule has 0 atom stereocenters. The van der Waals surface area contributed by atoms with Crippen molar-refractivity contribution in [3.05, 3.63) is 28.4 Å². The zero-order valence-electron chi connectivity index (χ0n) is 6.47. The summed E-state index contributed by atoms with van der Waals surface area (Å²) in [7, 11) is 1.50. The van der Waals surface area contributed by atoms with Crippen molar-refractivity contribution in [2.75, 3.05) is 12.1 Å². The molecule has 6 nitrogen and oxygen atoms in total. The van der Waals surface area contributed by atoms with Gasteiger partial charge < -0.3 is 0 Å². The lowest BCUT2D eigenvalue weighted by atomic mass is 10.4. The molecule has 0 aromatic carbocycles. The predicted octanol–water partition coefficient (Wildman–Crippen LogP) is 0.300. The van der Waals surface area contributed by atoms with E-state index in [9.17, 15) is 10.1 Å². The monoisotopic (exact) mass is 168 g/mol. The average Bonchev–Trinajstić information content (AvgIpc) is 2.04. The van der Waals surface area contributed by atoms with Gasteiger partial charge in [0.05, 0.1) is 4.92 Å². The highest BCUT2D eigenvalue weighted by atomic mass is 16.6. The molecule has 1 aromatic rings. The molecule has 1 heterocycles. The molecule has 1 rings (SSSR count). The van der Waals surface area contributed by atoms with E-state index in [4.69, 9.17) is 5.84 Å². The van der Waals surface area contributed by atoms with Crippen molar-refractivity contribution in [2.45, 2.75) is 0 Å². The first-order valence-electron chi connectivity index (χ1n) is 3.20. The van der Waals surface area contributed by atoms with Gasteiger partial charge >= 0.3 is 5.69 Å². The molecule has 0 aliphatic rings. The fourth-order valence-electron chi connectivity index (χ4n) is 0.803. The SMILES string of the molecule is CN(N)c1ncccc1[N+](=O)[O-]. The maximum atomic E-state index is 10.4. The molecule has 0 amide bonds. The minimum absolute atomic E-state index is 0.0949. The van der Waals surface area contributed by atoms with E-state index in [2.05, 4.69) is 4.98 Å². The van der Waals surface area contributed by atoms with Gasteiger partial charge in [-0.2, -0.15) is 0 Å². The number of aromatic nitrogens is 1. The topological polar surface area (TPSA) is 85.3 Å². The quantitative estimate of drug-likeness (QED) is 0.390. The van der Waals surface area contributed by atoms with Crippen molar-refractivity contribution < 1.29 is 4.92 Å². The molecule has 6 heteroatoms. The summed E-state index contributed by atoms with van der Waals surface area (Å²) in [6, 6.07) is 2.84. The molecule has 64 valence electrons. The van der Waals surface area contributed by atoms with Gasteiger partial charge in [0.2, 0.25) is 5.82 Å². The second-order valence-corrected chi connectivity index (χ2v) is 2.21. The minimum Gasteiger partial charge on any atom is -0.292 e. The Morgan fingerprint density at radius 1 is 1.75 bits per heavy atom. The lowest BCUT2D eigenvalue weighted by Crippen LogP contribution is -2.26. The molecule has 0 bridgehead atoms. The summed E-state index contributed by atoms with van der Waals surface area (Å²) in [6.45, 7) is 0. The zero-order valence-corrected chi connectivity index (χ0v) is 6.47. The van der Waals surface area contributed by atoms with Crippen molar-refractivity contribution in [3.63, 3.8) is 0 Å². The third-order valence-electron chi connectivity index (χ3n) is 1.30. The number of nitrogens with zero attached hydrogens (tertiary/aromatic N) is 3. The van der Waals surface area contributed by atoms with E-state index < -0.39 is 4.92 Å². The molecule has 1 aromatic heterocycles. The number of rotatable bonds is 2. The van der Waals surface area contributed by atoms with E-state index in [1.165, 1.54) is 25.4 Å². The third-order valence-corrected chi connectivity index (χ3v) is 1.30. The van der Waals surface area contributed by atoms with Crippen LogP contribution in [0.4, 0.5) is 11.5 Å². The second kappa shape index (κ2) is 3.14. The summed E-state index contributed by atoms with van der Waals surface area (Å²) in [5.41, 5.74) is -0.0949. The zero-order chi connectivity index (χ0) is 9.14. The second-order valence-electron chi connectivity index (χ2n) is 2.21. The summed E-state index contributed by atoms with van der Waals surface area (Å²) >= 11 is 0. The Balaban J connectivity index is 3.17. The van der Waals surface area contributed by atoms with Crippen LogP contribution >= 0.6 is 0 Å². The highest BCUT2D eigenvalue weighted by Gasteiger charge is 2.15. The van der Waals surface area contributed by atoms with Gasteiger partial charge in [0.25, 0.3) is 0 Å². The van der Waals surface area contributed by atoms with E-state index >= 15 is 0 Å². The molecular weight excluding hydrogens is 160 g/mol. The molecule has 0 saturated heterocycles. The molecule has 0 aliphatic carbocycles. The fourth-order valence-corrected chi connectivity index (χ4v) is 0.803. The van der Waals surface area contributed by atoms with Crippen LogP contribution in [0.3, 0.4) is 0 Å². The molecule has 12 heavy (non-hydrogen) atoms. The standard InChI is InChI=1S/C6H8N4O2/c1-9(7)6-5(10(11)12)3-2-4-8-6/h2-4H,7H2,1H3. The van der Waals surface area contributed by atoms with Gasteiger partial charge in [-0.25, -0.2) is 10.8 Å². The Bertz CT molecular complexity index is 299. The largest absolute Gasteiger partial charge is 0.312 e. The average molecular weight is 168 g/mol. The first kappa shape index (κ1) is 8.41. The van der Waals surface area contributed by atoms with Crippen LogP contribution in [0, 0.1) is 10.1 Å². The fraction of sp³-hybridized carbons (Fsp3) is 0.167. The van der Waals surface area contributed by atoms with Crippen molar-refractivity contribution in [2.24, 2.45) is 5.84 Å². The van der Waals surface area contributed by atoms with Crippen molar-refractivity contribution >= 4 is 11.5 Å². The van der Waals surface area contributed by atoms with Crippen LogP contribution in [-0.2, 0) is 0 Å². The van der Waals surface area contributed by atoms with Crippen LogP contribution < -0.4 is 10.9 Å². The van der Waals surface area contributed by atoms with Crippen LogP contribution in [0.15, 0.2) is 18.3 Å². The Morgan fingerprint density at radius 3 is 2.83 bits per heavy atom. The molecule has 0 spiro atoms. The molecule has 0 unspecified atom stereocenters. The normalized spacial score (nSPS) is 9.50. The van der Waals surface area contributed by atoms with Crippen LogP contribution in [0.2, 0.25) is 0 Å². The van der Waals surface area contributed by atoms with Gasteiger partial charge in [0.15, 0.2) is 0 Å². The van der Waals surface area contributed by atoms with Crippen molar-refractivity contribution in [1.29, 1.82) is 0 Å². The molecule has 0 aliphatic heterocycles. The number of nitrogens with two attached hydrogens (primary N) is 1. The Morgan fingerprint density at radius 2 is 2.42 bits per heavy atom. The lowest BCUT2D eigenvalue weighted by Gasteiger charge is -2.09. The van der Waals surface area contributed by atoms with E-state index in [1.807, 2.05) is 0 Å².